The van der Waals surface area contributed by atoms with Crippen LogP contribution in [0.15, 0.2) is 52.0 Å². The van der Waals surface area contributed by atoms with E-state index in [4.69, 9.17) is 13.9 Å². The Hall–Kier alpha value is -2.55. The van der Waals surface area contributed by atoms with Crippen LogP contribution in [0.3, 0.4) is 0 Å². The van der Waals surface area contributed by atoms with E-state index >= 15 is 0 Å². The highest BCUT2D eigenvalue weighted by atomic mass is 32.2. The first-order valence-corrected chi connectivity index (χ1v) is 11.4. The molecule has 0 N–H and O–H groups in total. The minimum atomic E-state index is -0.265. The van der Waals surface area contributed by atoms with Crippen LogP contribution in [0.25, 0.3) is 5.57 Å². The molecule has 0 bridgehead atoms. The molecule has 1 saturated heterocycles. The highest BCUT2D eigenvalue weighted by Gasteiger charge is 2.40. The fourth-order valence-corrected chi connectivity index (χ4v) is 4.82. The van der Waals surface area contributed by atoms with Crippen molar-refractivity contribution in [2.75, 3.05) is 46.5 Å². The van der Waals surface area contributed by atoms with Crippen LogP contribution in [0.4, 0.5) is 0 Å². The Morgan fingerprint density at radius 3 is 2.58 bits per heavy atom. The number of morpholine rings is 1. The van der Waals surface area contributed by atoms with Crippen molar-refractivity contribution >= 4 is 29.1 Å². The first kappa shape index (κ1) is 21.7. The Labute approximate surface area is 186 Å². The molecule has 1 aromatic carbocycles. The average molecular weight is 443 g/mol. The summed E-state index contributed by atoms with van der Waals surface area (Å²) in [4.78, 5) is 30.7. The van der Waals surface area contributed by atoms with E-state index in [-0.39, 0.29) is 11.8 Å². The van der Waals surface area contributed by atoms with E-state index in [9.17, 15) is 9.59 Å². The zero-order chi connectivity index (χ0) is 21.6. The minimum Gasteiger partial charge on any atom is -0.496 e. The second-order valence-corrected chi connectivity index (χ2v) is 8.33. The molecule has 0 unspecified atom stereocenters. The number of furan rings is 1. The maximum Gasteiger partial charge on any atom is 0.267 e. The second-order valence-electron chi connectivity index (χ2n) is 7.34. The predicted octanol–water partition coefficient (Wildman–Crippen LogP) is 3.02. The number of nitrogens with zero attached hydrogens (tertiary/aromatic N) is 2. The number of benzene rings is 1. The molecule has 2 aliphatic heterocycles. The third-order valence-electron chi connectivity index (χ3n) is 5.40. The van der Waals surface area contributed by atoms with Crippen LogP contribution < -0.4 is 4.74 Å². The normalized spacial score (nSPS) is 17.6. The lowest BCUT2D eigenvalue weighted by molar-refractivity contribution is -0.136. The van der Waals surface area contributed by atoms with Gasteiger partial charge in [0.25, 0.3) is 11.8 Å². The molecular weight excluding hydrogens is 416 g/mol. The van der Waals surface area contributed by atoms with E-state index in [1.165, 1.54) is 16.7 Å². The lowest BCUT2D eigenvalue weighted by atomic mass is 10.1. The Kier molecular flexibility index (Phi) is 7.11. The summed E-state index contributed by atoms with van der Waals surface area (Å²) in [5, 5.41) is 0. The van der Waals surface area contributed by atoms with Gasteiger partial charge in [-0.25, -0.2) is 0 Å². The number of carbonyl (C=O) groups is 2. The zero-order valence-electron chi connectivity index (χ0n) is 17.5. The first-order valence-electron chi connectivity index (χ1n) is 10.4. The van der Waals surface area contributed by atoms with Crippen molar-refractivity contribution < 1.29 is 23.5 Å². The Bertz CT molecular complexity index is 951. The van der Waals surface area contributed by atoms with Crippen molar-refractivity contribution in [1.82, 2.24) is 9.80 Å². The predicted molar refractivity (Wildman–Crippen MR) is 119 cm³/mol. The molecule has 0 spiro atoms. The molecule has 7 nitrogen and oxygen atoms in total. The van der Waals surface area contributed by atoms with Crippen LogP contribution in [-0.4, -0.2) is 68.1 Å². The summed E-state index contributed by atoms with van der Waals surface area (Å²) >= 11 is 1.33. The van der Waals surface area contributed by atoms with E-state index in [1.807, 2.05) is 30.3 Å². The van der Waals surface area contributed by atoms with E-state index in [0.29, 0.717) is 34.1 Å². The number of carbonyl (C=O) groups excluding carboxylic acids is 2. The molecule has 0 radical (unpaired) electrons. The SMILES string of the molecule is COc1ccccc1C1=C(SCc2ccco2)C(=O)N(CCCN2CCOCC2)C1=O. The summed E-state index contributed by atoms with van der Waals surface area (Å²) in [6, 6.07) is 11.0. The number of rotatable bonds is 9. The van der Waals surface area contributed by atoms with Gasteiger partial charge in [-0.1, -0.05) is 18.2 Å². The highest BCUT2D eigenvalue weighted by Crippen LogP contribution is 2.40. The van der Waals surface area contributed by atoms with Crippen molar-refractivity contribution in [2.45, 2.75) is 12.2 Å². The Morgan fingerprint density at radius 2 is 1.84 bits per heavy atom. The molecule has 2 aromatic rings. The van der Waals surface area contributed by atoms with E-state index in [1.54, 1.807) is 19.4 Å². The van der Waals surface area contributed by atoms with Crippen molar-refractivity contribution in [3.05, 3.63) is 58.9 Å². The molecule has 2 amide bonds. The molecule has 8 heteroatoms. The fraction of sp³-hybridized carbons (Fsp3) is 0.391. The standard InChI is InChI=1S/C23H26N2O5S/c1-28-19-8-3-2-7-18(19)20-21(31-16-17-6-4-13-30-17)23(27)25(22(20)26)10-5-9-24-11-14-29-15-12-24/h2-4,6-8,13H,5,9-12,14-16H2,1H3. The van der Waals surface area contributed by atoms with Crippen LogP contribution in [0.1, 0.15) is 17.7 Å². The van der Waals surface area contributed by atoms with E-state index < -0.39 is 0 Å². The fourth-order valence-electron chi connectivity index (χ4n) is 3.79. The minimum absolute atomic E-state index is 0.246. The summed E-state index contributed by atoms with van der Waals surface area (Å²) < 4.78 is 16.3. The molecule has 31 heavy (non-hydrogen) atoms. The van der Waals surface area contributed by atoms with Crippen LogP contribution in [0.2, 0.25) is 0 Å². The molecule has 1 aromatic heterocycles. The number of imide groups is 1. The number of hydrogen-bond acceptors (Lipinski definition) is 7. The lowest BCUT2D eigenvalue weighted by Crippen LogP contribution is -2.39. The number of ether oxygens (including phenoxy) is 2. The third kappa shape index (κ3) is 4.87. The van der Waals surface area contributed by atoms with Gasteiger partial charge in [0.15, 0.2) is 0 Å². The smallest absolute Gasteiger partial charge is 0.267 e. The maximum atomic E-state index is 13.4. The molecule has 0 saturated carbocycles. The van der Waals surface area contributed by atoms with Crippen LogP contribution in [0.5, 0.6) is 5.75 Å². The van der Waals surface area contributed by atoms with E-state index in [2.05, 4.69) is 4.90 Å². The van der Waals surface area contributed by atoms with Gasteiger partial charge in [-0.2, -0.15) is 0 Å². The quantitative estimate of drug-likeness (QED) is 0.553. The average Bonchev–Trinajstić information content (AvgIpc) is 3.40. The van der Waals surface area contributed by atoms with Gasteiger partial charge in [-0.05, 0) is 24.6 Å². The van der Waals surface area contributed by atoms with Gasteiger partial charge in [0.2, 0.25) is 0 Å². The molecule has 4 rings (SSSR count). The van der Waals surface area contributed by atoms with Gasteiger partial charge >= 0.3 is 0 Å². The monoisotopic (exact) mass is 442 g/mol. The van der Waals surface area contributed by atoms with Crippen molar-refractivity contribution in [2.24, 2.45) is 0 Å². The van der Waals surface area contributed by atoms with Crippen LogP contribution in [-0.2, 0) is 20.1 Å². The van der Waals surface area contributed by atoms with E-state index in [0.717, 1.165) is 45.0 Å². The van der Waals surface area contributed by atoms with Gasteiger partial charge in [-0.3, -0.25) is 19.4 Å². The van der Waals surface area contributed by atoms with Crippen molar-refractivity contribution in [3.63, 3.8) is 0 Å². The second kappa shape index (κ2) is 10.2. The number of amides is 2. The highest BCUT2D eigenvalue weighted by molar-refractivity contribution is 8.03. The lowest BCUT2D eigenvalue weighted by Gasteiger charge is -2.27. The summed E-state index contributed by atoms with van der Waals surface area (Å²) in [6.45, 7) is 4.45. The maximum absolute atomic E-state index is 13.4. The third-order valence-corrected chi connectivity index (χ3v) is 6.50. The zero-order valence-corrected chi connectivity index (χ0v) is 18.4. The number of hydrogen-bond donors (Lipinski definition) is 0. The topological polar surface area (TPSA) is 72.2 Å². The molecular formula is C23H26N2O5S. The molecule has 3 heterocycles. The van der Waals surface area contributed by atoms with Gasteiger partial charge < -0.3 is 13.9 Å². The van der Waals surface area contributed by atoms with Gasteiger partial charge in [0.1, 0.15) is 11.5 Å². The Morgan fingerprint density at radius 1 is 1.03 bits per heavy atom. The molecule has 2 aliphatic rings. The number of thioether (sulfide) groups is 1. The van der Waals surface area contributed by atoms with Crippen molar-refractivity contribution in [1.29, 1.82) is 0 Å². The molecule has 1 fully saturated rings. The summed E-state index contributed by atoms with van der Waals surface area (Å²) in [5.74, 6) is 1.29. The molecule has 0 atom stereocenters. The summed E-state index contributed by atoms with van der Waals surface area (Å²) in [5.41, 5.74) is 1.05. The Balaban J connectivity index is 1.54. The molecule has 0 aliphatic carbocycles. The summed E-state index contributed by atoms with van der Waals surface area (Å²) in [6.07, 6.45) is 2.33. The largest absolute Gasteiger partial charge is 0.496 e. The van der Waals surface area contributed by atoms with Crippen LogP contribution >= 0.6 is 11.8 Å². The van der Waals surface area contributed by atoms with Crippen molar-refractivity contribution in [3.8, 4) is 5.75 Å². The van der Waals surface area contributed by atoms with Gasteiger partial charge in [0, 0.05) is 31.7 Å². The first-order chi connectivity index (χ1) is 15.2. The van der Waals surface area contributed by atoms with Gasteiger partial charge in [0.05, 0.1) is 42.8 Å². The summed E-state index contributed by atoms with van der Waals surface area (Å²) in [7, 11) is 1.57. The number of para-hydroxylation sites is 1. The van der Waals surface area contributed by atoms with Crippen LogP contribution in [0, 0.1) is 0 Å². The van der Waals surface area contributed by atoms with Gasteiger partial charge in [-0.15, -0.1) is 11.8 Å². The number of methoxy groups -OCH3 is 1. The molecule has 164 valence electrons.